The number of carboxylic acid groups (broad SMARTS) is 1. The molecule has 1 saturated heterocycles. The highest BCUT2D eigenvalue weighted by atomic mass is 32.2. The minimum atomic E-state index is -3.38. The number of carbonyl (C=O) groups excluding carboxylic acids is 1. The smallest absolute Gasteiger partial charge is 0.323 e. The number of rotatable bonds is 6. The molecule has 0 saturated carbocycles. The second-order valence-electron chi connectivity index (χ2n) is 5.13. The Labute approximate surface area is 129 Å². The van der Waals surface area contributed by atoms with E-state index in [1.807, 2.05) is 6.07 Å². The third-order valence-corrected chi connectivity index (χ3v) is 5.31. The summed E-state index contributed by atoms with van der Waals surface area (Å²) in [5.41, 5.74) is 0.793. The number of carbonyl (C=O) groups is 2. The molecule has 1 aromatic carbocycles. The van der Waals surface area contributed by atoms with Gasteiger partial charge in [-0.05, 0) is 12.0 Å². The maximum absolute atomic E-state index is 12.3. The van der Waals surface area contributed by atoms with Crippen LogP contribution in [0.25, 0.3) is 0 Å². The first-order valence-corrected chi connectivity index (χ1v) is 8.51. The average Bonchev–Trinajstić information content (AvgIpc) is 2.78. The summed E-state index contributed by atoms with van der Waals surface area (Å²) in [6, 6.07) is 8.99. The minimum absolute atomic E-state index is 0.0396. The third kappa shape index (κ3) is 4.28. The van der Waals surface area contributed by atoms with Crippen molar-refractivity contribution in [2.45, 2.75) is 13.0 Å². The van der Waals surface area contributed by atoms with Crippen LogP contribution in [0.5, 0.6) is 0 Å². The van der Waals surface area contributed by atoms with Crippen molar-refractivity contribution in [3.63, 3.8) is 0 Å². The van der Waals surface area contributed by atoms with E-state index in [4.69, 9.17) is 5.11 Å². The Morgan fingerprint density at radius 3 is 2.45 bits per heavy atom. The van der Waals surface area contributed by atoms with Crippen LogP contribution in [0.2, 0.25) is 0 Å². The number of benzene rings is 1. The van der Waals surface area contributed by atoms with Crippen LogP contribution in [0.15, 0.2) is 30.3 Å². The second-order valence-corrected chi connectivity index (χ2v) is 7.22. The van der Waals surface area contributed by atoms with E-state index in [1.165, 1.54) is 0 Å². The number of sulfonamides is 1. The van der Waals surface area contributed by atoms with E-state index in [1.54, 1.807) is 24.3 Å². The second kappa shape index (κ2) is 6.89. The molecule has 0 radical (unpaired) electrons. The van der Waals surface area contributed by atoms with Gasteiger partial charge in [-0.3, -0.25) is 9.59 Å². The Hall–Kier alpha value is -1.93. The van der Waals surface area contributed by atoms with Gasteiger partial charge in [0.05, 0.1) is 12.3 Å². The van der Waals surface area contributed by atoms with Crippen molar-refractivity contribution in [2.75, 3.05) is 25.4 Å². The fourth-order valence-corrected chi connectivity index (χ4v) is 3.79. The summed E-state index contributed by atoms with van der Waals surface area (Å²) in [5.74, 6) is -1.59. The maximum Gasteiger partial charge on any atom is 0.323 e. The lowest BCUT2D eigenvalue weighted by atomic mass is 10.2. The Morgan fingerprint density at radius 2 is 1.91 bits per heavy atom. The summed E-state index contributed by atoms with van der Waals surface area (Å²) in [5, 5.41) is 8.95. The predicted octanol–water partition coefficient (Wildman–Crippen LogP) is 0.135. The zero-order valence-electron chi connectivity index (χ0n) is 12.0. The lowest BCUT2D eigenvalue weighted by Crippen LogP contribution is -2.42. The standard InChI is InChI=1S/C14H18N2O5S/c17-13(10-16-7-4-8-22(16,20)21)15(11-14(18)19)9-12-5-2-1-3-6-12/h1-3,5-6H,4,7-11H2,(H,18,19). The molecule has 0 bridgehead atoms. The van der Waals surface area contributed by atoms with Crippen molar-refractivity contribution in [3.05, 3.63) is 35.9 Å². The van der Waals surface area contributed by atoms with Gasteiger partial charge in [-0.15, -0.1) is 0 Å². The Bertz CT molecular complexity index is 644. The lowest BCUT2D eigenvalue weighted by Gasteiger charge is -2.23. The van der Waals surface area contributed by atoms with Gasteiger partial charge < -0.3 is 10.0 Å². The monoisotopic (exact) mass is 326 g/mol. The van der Waals surface area contributed by atoms with Crippen molar-refractivity contribution in [3.8, 4) is 0 Å². The van der Waals surface area contributed by atoms with Crippen LogP contribution in [0.1, 0.15) is 12.0 Å². The zero-order valence-corrected chi connectivity index (χ0v) is 12.8. The van der Waals surface area contributed by atoms with Crippen LogP contribution in [0, 0.1) is 0 Å². The Balaban J connectivity index is 2.07. The fraction of sp³-hybridized carbons (Fsp3) is 0.429. The molecule has 1 aliphatic heterocycles. The molecule has 22 heavy (non-hydrogen) atoms. The van der Waals surface area contributed by atoms with E-state index in [0.717, 1.165) is 14.8 Å². The van der Waals surface area contributed by atoms with Crippen LogP contribution in [-0.4, -0.2) is 60.0 Å². The third-order valence-electron chi connectivity index (χ3n) is 3.41. The van der Waals surface area contributed by atoms with Crippen molar-refractivity contribution in [1.82, 2.24) is 9.21 Å². The molecular weight excluding hydrogens is 308 g/mol. The maximum atomic E-state index is 12.3. The number of amides is 1. The first-order chi connectivity index (χ1) is 10.4. The van der Waals surface area contributed by atoms with Crippen LogP contribution in [0.4, 0.5) is 0 Å². The predicted molar refractivity (Wildman–Crippen MR) is 79.5 cm³/mol. The van der Waals surface area contributed by atoms with Gasteiger partial charge in [-0.2, -0.15) is 4.31 Å². The molecule has 0 aliphatic carbocycles. The summed E-state index contributed by atoms with van der Waals surface area (Å²) in [6.07, 6.45) is 0.493. The molecule has 8 heteroatoms. The molecule has 2 rings (SSSR count). The molecule has 7 nitrogen and oxygen atoms in total. The van der Waals surface area contributed by atoms with E-state index in [0.29, 0.717) is 13.0 Å². The molecule has 0 unspecified atom stereocenters. The highest BCUT2D eigenvalue weighted by Gasteiger charge is 2.31. The van der Waals surface area contributed by atoms with Gasteiger partial charge in [-0.1, -0.05) is 30.3 Å². The largest absolute Gasteiger partial charge is 0.480 e. The molecule has 0 atom stereocenters. The molecule has 1 amide bonds. The molecule has 0 spiro atoms. The van der Waals surface area contributed by atoms with Gasteiger partial charge in [0, 0.05) is 13.1 Å². The minimum Gasteiger partial charge on any atom is -0.480 e. The van der Waals surface area contributed by atoms with E-state index >= 15 is 0 Å². The summed E-state index contributed by atoms with van der Waals surface area (Å²) in [6.45, 7) is -0.315. The normalized spacial score (nSPS) is 17.3. The van der Waals surface area contributed by atoms with Gasteiger partial charge in [0.2, 0.25) is 15.9 Å². The molecular formula is C14H18N2O5S. The molecule has 1 aromatic rings. The van der Waals surface area contributed by atoms with Gasteiger partial charge in [0.25, 0.3) is 0 Å². The quantitative estimate of drug-likeness (QED) is 0.802. The van der Waals surface area contributed by atoms with Crippen LogP contribution < -0.4 is 0 Å². The van der Waals surface area contributed by atoms with E-state index in [2.05, 4.69) is 0 Å². The topological polar surface area (TPSA) is 95.0 Å². The average molecular weight is 326 g/mol. The van der Waals surface area contributed by atoms with Crippen molar-refractivity contribution in [1.29, 1.82) is 0 Å². The molecule has 1 aliphatic rings. The highest BCUT2D eigenvalue weighted by molar-refractivity contribution is 7.89. The van der Waals surface area contributed by atoms with Gasteiger partial charge in [0.15, 0.2) is 0 Å². The van der Waals surface area contributed by atoms with E-state index < -0.39 is 28.4 Å². The molecule has 1 heterocycles. The van der Waals surface area contributed by atoms with Gasteiger partial charge in [0.1, 0.15) is 6.54 Å². The first-order valence-electron chi connectivity index (χ1n) is 6.90. The van der Waals surface area contributed by atoms with Crippen molar-refractivity contribution in [2.24, 2.45) is 0 Å². The highest BCUT2D eigenvalue weighted by Crippen LogP contribution is 2.14. The first kappa shape index (κ1) is 16.4. The number of aliphatic carboxylic acids is 1. The zero-order chi connectivity index (χ0) is 16.2. The van der Waals surface area contributed by atoms with Crippen LogP contribution in [-0.2, 0) is 26.2 Å². The van der Waals surface area contributed by atoms with Gasteiger partial charge in [-0.25, -0.2) is 8.42 Å². The number of hydrogen-bond donors (Lipinski definition) is 1. The van der Waals surface area contributed by atoms with E-state index in [9.17, 15) is 18.0 Å². The summed E-state index contributed by atoms with van der Waals surface area (Å²) >= 11 is 0. The summed E-state index contributed by atoms with van der Waals surface area (Å²) in [7, 11) is -3.38. The number of carboxylic acids is 1. The number of hydrogen-bond acceptors (Lipinski definition) is 4. The summed E-state index contributed by atoms with van der Waals surface area (Å²) < 4.78 is 24.6. The van der Waals surface area contributed by atoms with Crippen LogP contribution in [0.3, 0.4) is 0 Å². The molecule has 1 fully saturated rings. The SMILES string of the molecule is O=C(O)CN(Cc1ccccc1)C(=O)CN1CCCS1(=O)=O. The fourth-order valence-electron chi connectivity index (χ4n) is 2.32. The molecule has 120 valence electrons. The molecule has 1 N–H and O–H groups in total. The molecule has 0 aromatic heterocycles. The lowest BCUT2D eigenvalue weighted by molar-refractivity contribution is -0.144. The number of nitrogens with zero attached hydrogens (tertiary/aromatic N) is 2. The van der Waals surface area contributed by atoms with Gasteiger partial charge >= 0.3 is 5.97 Å². The van der Waals surface area contributed by atoms with Crippen molar-refractivity contribution >= 4 is 21.9 Å². The van der Waals surface area contributed by atoms with Crippen molar-refractivity contribution < 1.29 is 23.1 Å². The summed E-state index contributed by atoms with van der Waals surface area (Å²) in [4.78, 5) is 24.4. The van der Waals surface area contributed by atoms with E-state index in [-0.39, 0.29) is 18.8 Å². The Morgan fingerprint density at radius 1 is 1.23 bits per heavy atom. The Kier molecular flexibility index (Phi) is 5.15. The van der Waals surface area contributed by atoms with Crippen LogP contribution >= 0.6 is 0 Å².